The van der Waals surface area contributed by atoms with Crippen LogP contribution in [0.25, 0.3) is 0 Å². The van der Waals surface area contributed by atoms with Gasteiger partial charge in [0, 0.05) is 16.5 Å². The molecule has 1 aliphatic heterocycles. The van der Waals surface area contributed by atoms with Crippen LogP contribution in [0.3, 0.4) is 0 Å². The van der Waals surface area contributed by atoms with Crippen LogP contribution in [0.5, 0.6) is 0 Å². The van der Waals surface area contributed by atoms with Gasteiger partial charge in [-0.25, -0.2) is 0 Å². The molecule has 2 aliphatic carbocycles. The predicted molar refractivity (Wildman–Crippen MR) is 208 cm³/mol. The van der Waals surface area contributed by atoms with E-state index in [-0.39, 0.29) is 35.9 Å². The van der Waals surface area contributed by atoms with Crippen LogP contribution < -0.4 is 5.73 Å². The molecule has 0 bridgehead atoms. The second-order valence-electron chi connectivity index (χ2n) is 14.1. The van der Waals surface area contributed by atoms with Crippen LogP contribution in [-0.4, -0.2) is 46.2 Å². The summed E-state index contributed by atoms with van der Waals surface area (Å²) in [6.45, 7) is 17.3. The van der Waals surface area contributed by atoms with Crippen molar-refractivity contribution in [3.05, 3.63) is 69.8 Å². The minimum Gasteiger partial charge on any atom is -0.481 e. The lowest BCUT2D eigenvalue weighted by molar-refractivity contribution is -0.137. The van der Waals surface area contributed by atoms with E-state index < -0.39 is 5.97 Å². The van der Waals surface area contributed by atoms with E-state index in [1.807, 2.05) is 19.9 Å². The number of allylic oxidation sites excluding steroid dienone is 4. The van der Waals surface area contributed by atoms with Crippen molar-refractivity contribution >= 4 is 47.7 Å². The molecule has 7 nitrogen and oxygen atoms in total. The van der Waals surface area contributed by atoms with Gasteiger partial charge in [-0.15, -0.1) is 0 Å². The molecule has 3 N–H and O–H groups in total. The number of nitrogens with two attached hydrogens (primary N) is 1. The number of unbranched alkanes of at least 4 members (excludes halogenated alkanes) is 1. The number of aliphatic carboxylic acids is 1. The molecule has 1 unspecified atom stereocenters. The lowest BCUT2D eigenvalue weighted by Crippen LogP contribution is -2.53. The van der Waals surface area contributed by atoms with Crippen LogP contribution in [0.1, 0.15) is 132 Å². The van der Waals surface area contributed by atoms with E-state index in [1.54, 1.807) is 24.4 Å². The van der Waals surface area contributed by atoms with Gasteiger partial charge in [0.25, 0.3) is 5.91 Å². The SMILES string of the molecule is CC.CC(C)(C)CCC(C1=CCC=C(CCCCC(=O)O)C=C1)N1C(=O)C=NC12CCCCC2.CC(C)C.Clc1cccc(Cl)c1.NC=O. The molecule has 1 spiro atoms. The summed E-state index contributed by atoms with van der Waals surface area (Å²) >= 11 is 11.1. The molecule has 1 fully saturated rings. The smallest absolute Gasteiger partial charge is 0.303 e. The summed E-state index contributed by atoms with van der Waals surface area (Å²) in [6, 6.07) is 7.12. The number of halogens is 2. The first-order valence-electron chi connectivity index (χ1n) is 17.9. The number of amides is 2. The number of carboxylic acids is 1. The number of benzene rings is 1. The number of hydrogen-bond acceptors (Lipinski definition) is 4. The molecular weight excluding hydrogens is 657 g/mol. The summed E-state index contributed by atoms with van der Waals surface area (Å²) in [5.41, 5.74) is 6.48. The highest BCUT2D eigenvalue weighted by Crippen LogP contribution is 2.42. The number of primary amides is 1. The van der Waals surface area contributed by atoms with Gasteiger partial charge < -0.3 is 15.7 Å². The van der Waals surface area contributed by atoms with Crippen molar-refractivity contribution in [3.63, 3.8) is 0 Å². The fraction of sp³-hybridized carbons (Fsp3) is 0.600. The van der Waals surface area contributed by atoms with Crippen LogP contribution >= 0.6 is 23.2 Å². The molecule has 2 amide bonds. The Morgan fingerprint density at radius 2 is 1.61 bits per heavy atom. The predicted octanol–water partition coefficient (Wildman–Crippen LogP) is 11.0. The molecule has 276 valence electrons. The molecule has 0 saturated heterocycles. The maximum Gasteiger partial charge on any atom is 0.303 e. The molecular formula is C40H63Cl2N3O4. The van der Waals surface area contributed by atoms with Gasteiger partial charge in [0.2, 0.25) is 6.41 Å². The van der Waals surface area contributed by atoms with Crippen LogP contribution in [-0.2, 0) is 14.4 Å². The quantitative estimate of drug-likeness (QED) is 0.195. The molecule has 1 aromatic rings. The Hall–Kier alpha value is -2.90. The highest BCUT2D eigenvalue weighted by atomic mass is 35.5. The van der Waals surface area contributed by atoms with Gasteiger partial charge in [0.15, 0.2) is 0 Å². The maximum atomic E-state index is 13.1. The summed E-state index contributed by atoms with van der Waals surface area (Å²) in [7, 11) is 0. The zero-order chi connectivity index (χ0) is 37.5. The van der Waals surface area contributed by atoms with Crippen LogP contribution in [0.4, 0.5) is 0 Å². The van der Waals surface area contributed by atoms with Crippen LogP contribution in [0.15, 0.2) is 64.7 Å². The van der Waals surface area contributed by atoms with Gasteiger partial charge in [-0.2, -0.15) is 0 Å². The Kier molecular flexibility index (Phi) is 23.6. The normalized spacial score (nSPS) is 16.6. The molecule has 3 aliphatic rings. The third-order valence-corrected chi connectivity index (χ3v) is 8.21. The zero-order valence-electron chi connectivity index (χ0n) is 31.3. The van der Waals surface area contributed by atoms with Crippen molar-refractivity contribution in [2.45, 2.75) is 144 Å². The van der Waals surface area contributed by atoms with E-state index in [1.165, 1.54) is 17.6 Å². The van der Waals surface area contributed by atoms with E-state index >= 15 is 0 Å². The van der Waals surface area contributed by atoms with Gasteiger partial charge >= 0.3 is 5.97 Å². The Bertz CT molecular complexity index is 1220. The number of aliphatic imine (C=N–C) groups is 1. The van der Waals surface area contributed by atoms with E-state index in [0.717, 1.165) is 63.7 Å². The van der Waals surface area contributed by atoms with E-state index in [0.29, 0.717) is 16.5 Å². The van der Waals surface area contributed by atoms with Gasteiger partial charge in [-0.05, 0) is 99.3 Å². The fourth-order valence-corrected chi connectivity index (χ4v) is 6.07. The molecule has 1 saturated carbocycles. The third kappa shape index (κ3) is 19.8. The number of carbonyl (C=O) groups excluding carboxylic acids is 2. The van der Waals surface area contributed by atoms with Crippen molar-refractivity contribution in [3.8, 4) is 0 Å². The Morgan fingerprint density at radius 1 is 1.04 bits per heavy atom. The summed E-state index contributed by atoms with van der Waals surface area (Å²) in [5, 5.41) is 10.2. The Labute approximate surface area is 307 Å². The Morgan fingerprint density at radius 3 is 2.10 bits per heavy atom. The van der Waals surface area contributed by atoms with Crippen LogP contribution in [0, 0.1) is 11.3 Å². The highest BCUT2D eigenvalue weighted by molar-refractivity contribution is 6.34. The summed E-state index contributed by atoms with van der Waals surface area (Å²) in [6.07, 6.45) is 21.7. The van der Waals surface area contributed by atoms with Gasteiger partial charge in [0.05, 0.1) is 12.3 Å². The second kappa shape index (κ2) is 25.1. The first-order valence-corrected chi connectivity index (χ1v) is 18.6. The molecule has 0 radical (unpaired) electrons. The maximum absolute atomic E-state index is 13.1. The van der Waals surface area contributed by atoms with Gasteiger partial charge in [-0.1, -0.05) is 121 Å². The minimum absolute atomic E-state index is 0.0401. The first kappa shape index (κ1) is 46.1. The summed E-state index contributed by atoms with van der Waals surface area (Å²) < 4.78 is 0. The molecule has 1 atom stereocenters. The molecule has 49 heavy (non-hydrogen) atoms. The standard InChI is InChI=1S/C27H40N2O3.C6H4Cl2.C4H10.C2H6.CH3NO/c1-26(2,3)19-16-23(29-24(30)20-28-27(29)17-7-4-8-18-27)22-12-9-11-21(14-15-22)10-5-6-13-25(31)32;7-5-2-1-3-6(8)4-5;1-4(2)3;1-2;2-1-3/h11-12,14-15,20,23H,4-10,13,16-19H2,1-3H3,(H,31,32);1-4H;4H,1-3H3;1-2H3;1H,(H2,2,3). The van der Waals surface area contributed by atoms with Crippen molar-refractivity contribution in [2.75, 3.05) is 0 Å². The third-order valence-electron chi connectivity index (χ3n) is 7.74. The number of carbonyl (C=O) groups is 3. The van der Waals surface area contributed by atoms with Crippen LogP contribution in [0.2, 0.25) is 10.0 Å². The summed E-state index contributed by atoms with van der Waals surface area (Å²) in [5.74, 6) is 0.168. The zero-order valence-corrected chi connectivity index (χ0v) is 32.8. The van der Waals surface area contributed by atoms with Crippen molar-refractivity contribution in [2.24, 2.45) is 22.1 Å². The van der Waals surface area contributed by atoms with Crippen molar-refractivity contribution in [1.29, 1.82) is 0 Å². The molecule has 0 aromatic heterocycles. The molecule has 1 heterocycles. The largest absolute Gasteiger partial charge is 0.481 e. The number of nitrogens with zero attached hydrogens (tertiary/aromatic N) is 2. The molecule has 1 aromatic carbocycles. The first-order chi connectivity index (χ1) is 23.1. The monoisotopic (exact) mass is 719 g/mol. The summed E-state index contributed by atoms with van der Waals surface area (Å²) in [4.78, 5) is 39.3. The molecule has 9 heteroatoms. The number of carboxylic acid groups (broad SMARTS) is 1. The average molecular weight is 721 g/mol. The lowest BCUT2D eigenvalue weighted by Gasteiger charge is -2.44. The second-order valence-corrected chi connectivity index (χ2v) is 15.0. The van der Waals surface area contributed by atoms with Gasteiger partial charge in [0.1, 0.15) is 5.66 Å². The minimum atomic E-state index is -0.727. The molecule has 4 rings (SSSR count). The van der Waals surface area contributed by atoms with E-state index in [2.05, 4.69) is 76.5 Å². The average Bonchev–Trinajstić information content (AvgIpc) is 3.16. The number of rotatable bonds is 9. The van der Waals surface area contributed by atoms with E-state index in [9.17, 15) is 9.59 Å². The van der Waals surface area contributed by atoms with Gasteiger partial charge in [-0.3, -0.25) is 19.4 Å². The van der Waals surface area contributed by atoms with Crippen molar-refractivity contribution < 1.29 is 19.5 Å². The number of hydrogen-bond donors (Lipinski definition) is 2. The van der Waals surface area contributed by atoms with E-state index in [4.69, 9.17) is 38.1 Å². The lowest BCUT2D eigenvalue weighted by atomic mass is 9.83. The fourth-order valence-electron chi connectivity index (χ4n) is 5.63. The Balaban J connectivity index is 0.00000112. The van der Waals surface area contributed by atoms with Crippen molar-refractivity contribution in [1.82, 2.24) is 4.90 Å². The highest BCUT2D eigenvalue weighted by Gasteiger charge is 2.47. The topological polar surface area (TPSA) is 113 Å².